The average Bonchev–Trinajstić information content (AvgIpc) is 2.93. The molecule has 0 amide bonds. The van der Waals surface area contributed by atoms with E-state index in [-0.39, 0.29) is 17.8 Å². The van der Waals surface area contributed by atoms with Crippen LogP contribution < -0.4 is 4.90 Å². The van der Waals surface area contributed by atoms with E-state index in [4.69, 9.17) is 4.74 Å². The second kappa shape index (κ2) is 7.32. The summed E-state index contributed by atoms with van der Waals surface area (Å²) < 4.78 is 4.85. The third kappa shape index (κ3) is 3.39. The average molecular weight is 347 g/mol. The lowest BCUT2D eigenvalue weighted by Crippen LogP contribution is -3.18. The Bertz CT molecular complexity index is 664. The Labute approximate surface area is 150 Å². The minimum absolute atomic E-state index is 0.0786. The van der Waals surface area contributed by atoms with Crippen molar-refractivity contribution in [2.24, 2.45) is 11.8 Å². The third-order valence-electron chi connectivity index (χ3n) is 6.51. The van der Waals surface area contributed by atoms with Crippen molar-refractivity contribution in [3.05, 3.63) is 22.5 Å². The molecule has 1 saturated heterocycles. The molecule has 5 nitrogen and oxygen atoms in total. The molecule has 0 bridgehead atoms. The standard InChI is InChI=1S/C20H30N2O3/c1-12-17(20(24)25-4)13(2)21-18(12)19(23)14(3)22-10-9-15-7-5-6-8-16(15)11-22/h14-16,21H,5-11H2,1-4H3/p+1/t14-,15+,16-/m1/s1. The Morgan fingerprint density at radius 1 is 1.16 bits per heavy atom. The van der Waals surface area contributed by atoms with Crippen molar-refractivity contribution in [3.8, 4) is 0 Å². The van der Waals surface area contributed by atoms with Gasteiger partial charge in [-0.2, -0.15) is 0 Å². The number of esters is 1. The Morgan fingerprint density at radius 3 is 2.52 bits per heavy atom. The summed E-state index contributed by atoms with van der Waals surface area (Å²) >= 11 is 0. The van der Waals surface area contributed by atoms with E-state index in [0.717, 1.165) is 24.9 Å². The van der Waals surface area contributed by atoms with Crippen LogP contribution in [0, 0.1) is 25.7 Å². The van der Waals surface area contributed by atoms with Gasteiger partial charge in [-0.05, 0) is 51.5 Å². The maximum Gasteiger partial charge on any atom is 0.339 e. The molecule has 1 unspecified atom stereocenters. The molecule has 2 heterocycles. The van der Waals surface area contributed by atoms with E-state index in [0.29, 0.717) is 22.5 Å². The van der Waals surface area contributed by atoms with Crippen molar-refractivity contribution in [1.29, 1.82) is 0 Å². The molecule has 2 N–H and O–H groups in total. The van der Waals surface area contributed by atoms with Crippen LogP contribution in [0.5, 0.6) is 0 Å². The smallest absolute Gasteiger partial charge is 0.339 e. The molecule has 2 aliphatic rings. The first kappa shape index (κ1) is 18.2. The first-order chi connectivity index (χ1) is 11.9. The summed E-state index contributed by atoms with van der Waals surface area (Å²) in [5, 5.41) is 0. The van der Waals surface area contributed by atoms with Gasteiger partial charge in [0.05, 0.1) is 31.5 Å². The van der Waals surface area contributed by atoms with Crippen LogP contribution in [0.15, 0.2) is 0 Å². The van der Waals surface area contributed by atoms with Gasteiger partial charge in [-0.25, -0.2) is 4.79 Å². The molecule has 138 valence electrons. The van der Waals surface area contributed by atoms with Gasteiger partial charge in [0.15, 0.2) is 0 Å². The van der Waals surface area contributed by atoms with E-state index in [2.05, 4.69) is 4.98 Å². The van der Waals surface area contributed by atoms with Crippen molar-refractivity contribution in [2.45, 2.75) is 58.9 Å². The number of H-pyrrole nitrogens is 1. The van der Waals surface area contributed by atoms with Crippen LogP contribution in [0.3, 0.4) is 0 Å². The van der Waals surface area contributed by atoms with E-state index < -0.39 is 0 Å². The van der Waals surface area contributed by atoms with Crippen molar-refractivity contribution in [1.82, 2.24) is 4.98 Å². The molecule has 4 atom stereocenters. The van der Waals surface area contributed by atoms with E-state index in [1.54, 1.807) is 0 Å². The maximum absolute atomic E-state index is 13.1. The summed E-state index contributed by atoms with van der Waals surface area (Å²) in [4.78, 5) is 29.6. The number of nitrogens with one attached hydrogen (secondary N) is 2. The number of hydrogen-bond acceptors (Lipinski definition) is 3. The van der Waals surface area contributed by atoms with Gasteiger partial charge in [0.25, 0.3) is 0 Å². The number of quaternary nitrogens is 1. The zero-order valence-electron chi connectivity index (χ0n) is 15.9. The molecule has 2 fully saturated rings. The molecule has 1 saturated carbocycles. The van der Waals surface area contributed by atoms with Crippen LogP contribution in [0.25, 0.3) is 0 Å². The summed E-state index contributed by atoms with van der Waals surface area (Å²) in [6.45, 7) is 7.88. The van der Waals surface area contributed by atoms with Gasteiger partial charge in [0, 0.05) is 11.6 Å². The lowest BCUT2D eigenvalue weighted by atomic mass is 9.75. The Hall–Kier alpha value is -1.62. The number of Topliss-reactive ketones (excluding diaryl/α,β-unsaturated/α-hetero) is 1. The molecular formula is C20H31N2O3+. The minimum atomic E-state index is -0.381. The predicted octanol–water partition coefficient (Wildman–Crippen LogP) is 2.08. The Kier molecular flexibility index (Phi) is 5.32. The van der Waals surface area contributed by atoms with Gasteiger partial charge >= 0.3 is 5.97 Å². The summed E-state index contributed by atoms with van der Waals surface area (Å²) in [7, 11) is 1.37. The summed E-state index contributed by atoms with van der Waals surface area (Å²) in [6, 6.07) is -0.0786. The molecule has 0 radical (unpaired) electrons. The lowest BCUT2D eigenvalue weighted by molar-refractivity contribution is -0.923. The number of hydrogen-bond donors (Lipinski definition) is 2. The van der Waals surface area contributed by atoms with Gasteiger partial charge < -0.3 is 14.6 Å². The maximum atomic E-state index is 13.1. The van der Waals surface area contributed by atoms with Crippen LogP contribution in [-0.4, -0.2) is 43.0 Å². The first-order valence-electron chi connectivity index (χ1n) is 9.60. The van der Waals surface area contributed by atoms with Gasteiger partial charge in [0.1, 0.15) is 6.04 Å². The monoisotopic (exact) mass is 347 g/mol. The van der Waals surface area contributed by atoms with E-state index in [9.17, 15) is 9.59 Å². The van der Waals surface area contributed by atoms with Crippen molar-refractivity contribution >= 4 is 11.8 Å². The molecule has 1 aromatic heterocycles. The number of fused-ring (bicyclic) bond motifs is 1. The fraction of sp³-hybridized carbons (Fsp3) is 0.700. The lowest BCUT2D eigenvalue weighted by Gasteiger charge is -2.40. The van der Waals surface area contributed by atoms with Gasteiger partial charge in [0.2, 0.25) is 5.78 Å². The number of carbonyl (C=O) groups excluding carboxylic acids is 2. The predicted molar refractivity (Wildman–Crippen MR) is 96.2 cm³/mol. The molecule has 1 aromatic rings. The highest BCUT2D eigenvalue weighted by Gasteiger charge is 2.38. The van der Waals surface area contributed by atoms with E-state index >= 15 is 0 Å². The van der Waals surface area contributed by atoms with Gasteiger partial charge in [-0.3, -0.25) is 4.79 Å². The highest BCUT2D eigenvalue weighted by molar-refractivity contribution is 6.03. The summed E-state index contributed by atoms with van der Waals surface area (Å²) in [5.41, 5.74) is 2.50. The number of aromatic amines is 1. The fourth-order valence-corrected chi connectivity index (χ4v) is 4.94. The third-order valence-corrected chi connectivity index (χ3v) is 6.51. The zero-order chi connectivity index (χ0) is 18.1. The minimum Gasteiger partial charge on any atom is -0.465 e. The number of ketones is 1. The van der Waals surface area contributed by atoms with Crippen LogP contribution in [0.1, 0.15) is 71.1 Å². The zero-order valence-corrected chi connectivity index (χ0v) is 15.9. The fourth-order valence-electron chi connectivity index (χ4n) is 4.94. The Balaban J connectivity index is 1.76. The largest absolute Gasteiger partial charge is 0.465 e. The molecular weight excluding hydrogens is 316 g/mol. The second-order valence-corrected chi connectivity index (χ2v) is 7.91. The highest BCUT2D eigenvalue weighted by Crippen LogP contribution is 2.32. The van der Waals surface area contributed by atoms with Gasteiger partial charge in [-0.1, -0.05) is 12.8 Å². The number of piperidine rings is 1. The van der Waals surface area contributed by atoms with Crippen LogP contribution in [-0.2, 0) is 4.74 Å². The van der Waals surface area contributed by atoms with Crippen LogP contribution in [0.4, 0.5) is 0 Å². The van der Waals surface area contributed by atoms with Gasteiger partial charge in [-0.15, -0.1) is 0 Å². The molecule has 0 aromatic carbocycles. The summed E-state index contributed by atoms with van der Waals surface area (Å²) in [5.74, 6) is 1.39. The molecule has 1 aliphatic carbocycles. The van der Waals surface area contributed by atoms with E-state index in [1.165, 1.54) is 44.1 Å². The number of aryl methyl sites for hydroxylation is 1. The molecule has 0 spiro atoms. The topological polar surface area (TPSA) is 63.6 Å². The molecule has 1 aliphatic heterocycles. The molecule has 5 heteroatoms. The number of methoxy groups -OCH3 is 1. The van der Waals surface area contributed by atoms with Crippen molar-refractivity contribution in [2.75, 3.05) is 20.2 Å². The SMILES string of the molecule is COC(=O)c1c(C)[nH]c(C(=O)[C@@H](C)[NH+]2CC[C@@H]3CCCC[C@@H]3C2)c1C. The van der Waals surface area contributed by atoms with Crippen LogP contribution >= 0.6 is 0 Å². The van der Waals surface area contributed by atoms with Crippen molar-refractivity contribution < 1.29 is 19.2 Å². The van der Waals surface area contributed by atoms with Crippen molar-refractivity contribution in [3.63, 3.8) is 0 Å². The van der Waals surface area contributed by atoms with Crippen LogP contribution in [0.2, 0.25) is 0 Å². The number of likely N-dealkylation sites (tertiary alicyclic amines) is 1. The highest BCUT2D eigenvalue weighted by atomic mass is 16.5. The molecule has 3 rings (SSSR count). The normalized spacial score (nSPS) is 27.4. The Morgan fingerprint density at radius 2 is 1.84 bits per heavy atom. The number of carbonyl (C=O) groups is 2. The second-order valence-electron chi connectivity index (χ2n) is 7.91. The van der Waals surface area contributed by atoms with E-state index in [1.807, 2.05) is 20.8 Å². The first-order valence-corrected chi connectivity index (χ1v) is 9.60. The molecule has 25 heavy (non-hydrogen) atoms. The number of aromatic nitrogens is 1. The number of ether oxygens (including phenoxy) is 1. The summed E-state index contributed by atoms with van der Waals surface area (Å²) in [6.07, 6.45) is 6.66. The number of rotatable bonds is 4. The quantitative estimate of drug-likeness (QED) is 0.647.